The Hall–Kier alpha value is -1.99. The summed E-state index contributed by atoms with van der Waals surface area (Å²) < 4.78 is 25.9. The summed E-state index contributed by atoms with van der Waals surface area (Å²) in [6.07, 6.45) is 0. The summed E-state index contributed by atoms with van der Waals surface area (Å²) in [7, 11) is -3.32. The number of hydrogen-bond acceptors (Lipinski definition) is 4. The number of rotatable bonds is 7. The number of benzene rings is 2. The SMILES string of the molecule is CCS(=O)(=O)Nc1ccc(NC(=O)CSc2cc(C)ccc2C)cc1C. The van der Waals surface area contributed by atoms with Crippen molar-refractivity contribution in [3.05, 3.63) is 53.1 Å². The smallest absolute Gasteiger partial charge is 0.234 e. The van der Waals surface area contributed by atoms with Crippen molar-refractivity contribution < 1.29 is 13.2 Å². The largest absolute Gasteiger partial charge is 0.325 e. The molecule has 0 saturated heterocycles. The highest BCUT2D eigenvalue weighted by molar-refractivity contribution is 8.00. The zero-order chi connectivity index (χ0) is 19.3. The second kappa shape index (κ2) is 8.60. The van der Waals surface area contributed by atoms with E-state index in [9.17, 15) is 13.2 Å². The van der Waals surface area contributed by atoms with Crippen molar-refractivity contribution in [2.45, 2.75) is 32.6 Å². The molecule has 2 aromatic rings. The van der Waals surface area contributed by atoms with E-state index in [1.807, 2.05) is 13.8 Å². The van der Waals surface area contributed by atoms with E-state index >= 15 is 0 Å². The Balaban J connectivity index is 1.99. The monoisotopic (exact) mass is 392 g/mol. The van der Waals surface area contributed by atoms with Crippen LogP contribution in [0, 0.1) is 20.8 Å². The second-order valence-electron chi connectivity index (χ2n) is 6.14. The highest BCUT2D eigenvalue weighted by Gasteiger charge is 2.10. The number of carbonyl (C=O) groups excluding carboxylic acids is 1. The number of amides is 1. The molecule has 2 aromatic carbocycles. The van der Waals surface area contributed by atoms with Crippen LogP contribution in [0.4, 0.5) is 11.4 Å². The number of aryl methyl sites for hydroxylation is 3. The molecule has 0 radical (unpaired) electrons. The molecule has 7 heteroatoms. The van der Waals surface area contributed by atoms with Crippen LogP contribution in [-0.2, 0) is 14.8 Å². The molecule has 0 unspecified atom stereocenters. The minimum atomic E-state index is -3.32. The normalized spacial score (nSPS) is 11.2. The third kappa shape index (κ3) is 5.78. The van der Waals surface area contributed by atoms with Gasteiger partial charge in [0.2, 0.25) is 15.9 Å². The standard InChI is InChI=1S/C19H24N2O3S2/c1-5-26(23,24)21-17-9-8-16(11-15(17)4)20-19(22)12-25-18-10-13(2)6-7-14(18)3/h6-11,21H,5,12H2,1-4H3,(H,20,22). The van der Waals surface area contributed by atoms with Gasteiger partial charge in [0.05, 0.1) is 17.2 Å². The van der Waals surface area contributed by atoms with E-state index < -0.39 is 10.0 Å². The van der Waals surface area contributed by atoms with Crippen LogP contribution in [0.15, 0.2) is 41.3 Å². The summed E-state index contributed by atoms with van der Waals surface area (Å²) in [6, 6.07) is 11.3. The van der Waals surface area contributed by atoms with E-state index in [-0.39, 0.29) is 11.7 Å². The average Bonchev–Trinajstić information content (AvgIpc) is 2.58. The van der Waals surface area contributed by atoms with Crippen molar-refractivity contribution in [3.63, 3.8) is 0 Å². The van der Waals surface area contributed by atoms with Gasteiger partial charge in [-0.15, -0.1) is 11.8 Å². The minimum absolute atomic E-state index is 0.0144. The number of carbonyl (C=O) groups is 1. The molecular formula is C19H24N2O3S2. The molecule has 0 saturated carbocycles. The van der Waals surface area contributed by atoms with E-state index in [2.05, 4.69) is 28.2 Å². The first-order chi connectivity index (χ1) is 12.2. The van der Waals surface area contributed by atoms with Gasteiger partial charge in [0.25, 0.3) is 0 Å². The first-order valence-corrected chi connectivity index (χ1v) is 10.9. The first-order valence-electron chi connectivity index (χ1n) is 8.31. The number of hydrogen-bond donors (Lipinski definition) is 2. The Morgan fingerprint density at radius 1 is 1.04 bits per heavy atom. The average molecular weight is 393 g/mol. The maximum Gasteiger partial charge on any atom is 0.234 e. The van der Waals surface area contributed by atoms with E-state index in [0.717, 1.165) is 16.0 Å². The molecule has 1 amide bonds. The van der Waals surface area contributed by atoms with Gasteiger partial charge in [0.1, 0.15) is 0 Å². The summed E-state index contributed by atoms with van der Waals surface area (Å²) in [6.45, 7) is 7.44. The molecule has 0 fully saturated rings. The topological polar surface area (TPSA) is 75.3 Å². The van der Waals surface area contributed by atoms with Crippen molar-refractivity contribution in [1.29, 1.82) is 0 Å². The number of sulfonamides is 1. The van der Waals surface area contributed by atoms with Crippen molar-refractivity contribution in [2.24, 2.45) is 0 Å². The zero-order valence-corrected chi connectivity index (χ0v) is 17.1. The van der Waals surface area contributed by atoms with Gasteiger partial charge < -0.3 is 5.32 Å². The number of thioether (sulfide) groups is 1. The predicted molar refractivity (Wildman–Crippen MR) is 110 cm³/mol. The minimum Gasteiger partial charge on any atom is -0.325 e. The van der Waals surface area contributed by atoms with E-state index in [1.54, 1.807) is 32.0 Å². The van der Waals surface area contributed by atoms with Gasteiger partial charge in [-0.3, -0.25) is 9.52 Å². The summed E-state index contributed by atoms with van der Waals surface area (Å²) >= 11 is 1.50. The molecule has 0 aliphatic rings. The maximum atomic E-state index is 12.2. The number of anilines is 2. The second-order valence-corrected chi connectivity index (χ2v) is 9.17. The van der Waals surface area contributed by atoms with Gasteiger partial charge in [-0.25, -0.2) is 8.42 Å². The molecule has 0 spiro atoms. The molecule has 2 rings (SSSR count). The van der Waals surface area contributed by atoms with E-state index in [1.165, 1.54) is 17.3 Å². The zero-order valence-electron chi connectivity index (χ0n) is 15.4. The van der Waals surface area contributed by atoms with Gasteiger partial charge in [-0.05, 0) is 63.1 Å². The highest BCUT2D eigenvalue weighted by atomic mass is 32.2. The first kappa shape index (κ1) is 20.3. The molecule has 140 valence electrons. The van der Waals surface area contributed by atoms with Gasteiger partial charge in [0, 0.05) is 10.6 Å². The highest BCUT2D eigenvalue weighted by Crippen LogP contribution is 2.24. The van der Waals surface area contributed by atoms with Crippen molar-refractivity contribution >= 4 is 39.1 Å². The van der Waals surface area contributed by atoms with E-state index in [4.69, 9.17) is 0 Å². The summed E-state index contributed by atoms with van der Waals surface area (Å²) in [5, 5.41) is 2.85. The van der Waals surface area contributed by atoms with Crippen molar-refractivity contribution in [2.75, 3.05) is 21.5 Å². The molecule has 0 aliphatic carbocycles. The van der Waals surface area contributed by atoms with Gasteiger partial charge >= 0.3 is 0 Å². The third-order valence-corrected chi connectivity index (χ3v) is 6.31. The van der Waals surface area contributed by atoms with Gasteiger partial charge in [-0.1, -0.05) is 17.7 Å². The third-order valence-electron chi connectivity index (χ3n) is 3.86. The Kier molecular flexibility index (Phi) is 6.72. The van der Waals surface area contributed by atoms with Crippen LogP contribution in [0.1, 0.15) is 23.6 Å². The molecule has 0 heterocycles. The summed E-state index contributed by atoms with van der Waals surface area (Å²) in [4.78, 5) is 13.3. The fourth-order valence-electron chi connectivity index (χ4n) is 2.30. The fourth-order valence-corrected chi connectivity index (χ4v) is 3.93. The lowest BCUT2D eigenvalue weighted by Gasteiger charge is -2.12. The van der Waals surface area contributed by atoms with Crippen molar-refractivity contribution in [1.82, 2.24) is 0 Å². The fraction of sp³-hybridized carbons (Fsp3) is 0.316. The molecule has 5 nitrogen and oxygen atoms in total. The summed E-state index contributed by atoms with van der Waals surface area (Å²) in [5.41, 5.74) is 4.24. The van der Waals surface area contributed by atoms with Crippen LogP contribution in [-0.4, -0.2) is 25.8 Å². The van der Waals surface area contributed by atoms with Crippen LogP contribution in [0.5, 0.6) is 0 Å². The maximum absolute atomic E-state index is 12.2. The number of nitrogens with one attached hydrogen (secondary N) is 2. The van der Waals surface area contributed by atoms with Crippen molar-refractivity contribution in [3.8, 4) is 0 Å². The molecule has 0 bridgehead atoms. The van der Waals surface area contributed by atoms with Gasteiger partial charge in [0.15, 0.2) is 0 Å². The Bertz CT molecular complexity index is 909. The lowest BCUT2D eigenvalue weighted by atomic mass is 10.2. The molecule has 2 N–H and O–H groups in total. The van der Waals surface area contributed by atoms with Crippen LogP contribution >= 0.6 is 11.8 Å². The summed E-state index contributed by atoms with van der Waals surface area (Å²) in [5.74, 6) is 0.228. The van der Waals surface area contributed by atoms with Crippen LogP contribution in [0.25, 0.3) is 0 Å². The predicted octanol–water partition coefficient (Wildman–Crippen LogP) is 4.10. The lowest BCUT2D eigenvalue weighted by Crippen LogP contribution is -2.16. The Morgan fingerprint density at radius 2 is 1.77 bits per heavy atom. The van der Waals surface area contributed by atoms with E-state index in [0.29, 0.717) is 17.1 Å². The molecule has 0 atom stereocenters. The van der Waals surface area contributed by atoms with Crippen LogP contribution in [0.2, 0.25) is 0 Å². The molecular weight excluding hydrogens is 368 g/mol. The van der Waals surface area contributed by atoms with Crippen LogP contribution < -0.4 is 10.0 Å². The quantitative estimate of drug-likeness (QED) is 0.696. The van der Waals surface area contributed by atoms with Gasteiger partial charge in [-0.2, -0.15) is 0 Å². The molecule has 0 aromatic heterocycles. The van der Waals surface area contributed by atoms with Crippen LogP contribution in [0.3, 0.4) is 0 Å². The lowest BCUT2D eigenvalue weighted by molar-refractivity contribution is -0.113. The molecule has 26 heavy (non-hydrogen) atoms. The Labute approximate surface area is 159 Å². The Morgan fingerprint density at radius 3 is 2.42 bits per heavy atom. The molecule has 0 aliphatic heterocycles.